The van der Waals surface area contributed by atoms with Gasteiger partial charge < -0.3 is 19.9 Å². The SMILES string of the molecule is C=C[C@@H]1C[C@]1(NC(=O)[C@@H]1C[C@@H](N2CCN(c3ccccc3)CC2)CN1C(=O)[C@@H](NCC(=O)OC(C)(C)C)C(C)(C)C)C(=O)NS(=O)(=O)C1CC1. The molecule has 1 aromatic rings. The molecule has 3 N–H and O–H groups in total. The van der Waals surface area contributed by atoms with Gasteiger partial charge in [0.1, 0.15) is 17.2 Å². The zero-order valence-corrected chi connectivity index (χ0v) is 31.1. The minimum absolute atomic E-state index is 0.131. The Labute approximate surface area is 296 Å². The molecule has 5 rings (SSSR count). The Balaban J connectivity index is 1.36. The van der Waals surface area contributed by atoms with Crippen molar-refractivity contribution in [2.75, 3.05) is 44.2 Å². The minimum atomic E-state index is -3.85. The molecule has 2 aliphatic heterocycles. The second-order valence-electron chi connectivity index (χ2n) is 16.2. The lowest BCUT2D eigenvalue weighted by molar-refractivity contribution is -0.154. The zero-order valence-electron chi connectivity index (χ0n) is 30.2. The maximum Gasteiger partial charge on any atom is 0.320 e. The standard InChI is InChI=1S/C36H54N6O7S/c1-8-24-21-36(24,33(46)39-50(47,48)27-14-15-27)38-31(44)28-20-26(41-18-16-40(17-19-41)25-12-10-9-11-13-25)23-42(28)32(45)30(34(2,3)4)37-22-29(43)49-35(5,6)7/h8-13,24,26-28,30,37H,1,14-23H2,2-7H3,(H,38,44)(H,39,46)/t24-,26-,28+,30-,36-/m1/s1. The number of likely N-dealkylation sites (tertiary alicyclic amines) is 1. The van der Waals surface area contributed by atoms with Crippen molar-refractivity contribution in [2.45, 2.75) is 102 Å². The average Bonchev–Trinajstić information content (AvgIpc) is 3.96. The van der Waals surface area contributed by atoms with E-state index in [2.05, 4.69) is 43.9 Å². The molecule has 0 spiro atoms. The van der Waals surface area contributed by atoms with E-state index in [0.717, 1.165) is 31.9 Å². The predicted molar refractivity (Wildman–Crippen MR) is 190 cm³/mol. The molecular weight excluding hydrogens is 660 g/mol. The highest BCUT2D eigenvalue weighted by Gasteiger charge is 2.62. The van der Waals surface area contributed by atoms with Gasteiger partial charge in [0.25, 0.3) is 5.91 Å². The van der Waals surface area contributed by atoms with E-state index < -0.39 is 67.6 Å². The third-order valence-corrected chi connectivity index (χ3v) is 11.9. The van der Waals surface area contributed by atoms with Gasteiger partial charge in [-0.2, -0.15) is 0 Å². The van der Waals surface area contributed by atoms with Gasteiger partial charge in [-0.1, -0.05) is 45.0 Å². The molecule has 4 fully saturated rings. The number of benzene rings is 1. The molecule has 0 bridgehead atoms. The third-order valence-electron chi connectivity index (χ3n) is 10.0. The number of nitrogens with one attached hydrogen (secondary N) is 3. The smallest absolute Gasteiger partial charge is 0.320 e. The molecule has 1 aromatic carbocycles. The summed E-state index contributed by atoms with van der Waals surface area (Å²) in [5.74, 6) is -2.59. The van der Waals surface area contributed by atoms with Crippen LogP contribution in [-0.4, -0.2) is 116 Å². The topological polar surface area (TPSA) is 157 Å². The average molecular weight is 715 g/mol. The van der Waals surface area contributed by atoms with Crippen LogP contribution in [-0.2, 0) is 33.9 Å². The highest BCUT2D eigenvalue weighted by Crippen LogP contribution is 2.45. The number of sulfonamides is 1. The van der Waals surface area contributed by atoms with Crippen LogP contribution >= 0.6 is 0 Å². The van der Waals surface area contributed by atoms with E-state index >= 15 is 0 Å². The number of esters is 1. The first-order chi connectivity index (χ1) is 23.3. The number of para-hydroxylation sites is 1. The third kappa shape index (κ3) is 8.68. The van der Waals surface area contributed by atoms with Crippen LogP contribution in [0.25, 0.3) is 0 Å². The Bertz CT molecular complexity index is 1560. The van der Waals surface area contributed by atoms with Crippen molar-refractivity contribution in [1.29, 1.82) is 0 Å². The number of carbonyl (C=O) groups is 4. The molecule has 0 radical (unpaired) electrons. The molecule has 5 atom stereocenters. The minimum Gasteiger partial charge on any atom is -0.459 e. The fourth-order valence-corrected chi connectivity index (χ4v) is 8.43. The maximum atomic E-state index is 14.5. The van der Waals surface area contributed by atoms with Crippen LogP contribution in [0.5, 0.6) is 0 Å². The molecule has 2 heterocycles. The summed E-state index contributed by atoms with van der Waals surface area (Å²) >= 11 is 0. The monoisotopic (exact) mass is 714 g/mol. The summed E-state index contributed by atoms with van der Waals surface area (Å²) in [6.45, 7) is 17.9. The zero-order chi connectivity index (χ0) is 36.6. The normalized spacial score (nSPS) is 26.6. The number of nitrogens with zero attached hydrogens (tertiary/aromatic N) is 3. The van der Waals surface area contributed by atoms with Gasteiger partial charge in [0, 0.05) is 50.4 Å². The number of hydrogen-bond acceptors (Lipinski definition) is 10. The van der Waals surface area contributed by atoms with Crippen LogP contribution in [0, 0.1) is 11.3 Å². The number of carbonyl (C=O) groups excluding carboxylic acids is 4. The summed E-state index contributed by atoms with van der Waals surface area (Å²) in [5, 5.41) is 5.39. The van der Waals surface area contributed by atoms with E-state index in [1.165, 1.54) is 0 Å². The summed E-state index contributed by atoms with van der Waals surface area (Å²) in [6, 6.07) is 8.29. The van der Waals surface area contributed by atoms with Crippen molar-refractivity contribution in [2.24, 2.45) is 11.3 Å². The number of rotatable bonds is 12. The van der Waals surface area contributed by atoms with Gasteiger partial charge in [0.05, 0.1) is 17.8 Å². The van der Waals surface area contributed by atoms with Crippen molar-refractivity contribution in [1.82, 2.24) is 25.2 Å². The quantitative estimate of drug-likeness (QED) is 0.216. The second-order valence-corrected chi connectivity index (χ2v) is 18.2. The molecule has 0 aromatic heterocycles. The van der Waals surface area contributed by atoms with Crippen molar-refractivity contribution >= 4 is 39.4 Å². The number of hydrogen-bond donors (Lipinski definition) is 3. The molecule has 276 valence electrons. The van der Waals surface area contributed by atoms with Crippen LogP contribution in [0.15, 0.2) is 43.0 Å². The summed E-state index contributed by atoms with van der Waals surface area (Å²) in [7, 11) is -3.85. The molecule has 2 saturated carbocycles. The van der Waals surface area contributed by atoms with E-state index in [-0.39, 0.29) is 31.5 Å². The Morgan fingerprint density at radius 2 is 1.66 bits per heavy atom. The van der Waals surface area contributed by atoms with Crippen molar-refractivity contribution < 1.29 is 32.3 Å². The number of anilines is 1. The van der Waals surface area contributed by atoms with Crippen LogP contribution in [0.1, 0.15) is 67.2 Å². The second kappa shape index (κ2) is 14.3. The van der Waals surface area contributed by atoms with E-state index in [0.29, 0.717) is 19.3 Å². The van der Waals surface area contributed by atoms with Gasteiger partial charge in [-0.3, -0.25) is 34.1 Å². The molecule has 0 unspecified atom stereocenters. The first-order valence-corrected chi connectivity index (χ1v) is 19.2. The van der Waals surface area contributed by atoms with E-state index in [9.17, 15) is 27.6 Å². The van der Waals surface area contributed by atoms with Gasteiger partial charge in [-0.15, -0.1) is 6.58 Å². The van der Waals surface area contributed by atoms with Crippen molar-refractivity contribution in [3.8, 4) is 0 Å². The highest BCUT2D eigenvalue weighted by atomic mass is 32.2. The molecule has 2 saturated heterocycles. The van der Waals surface area contributed by atoms with Gasteiger partial charge in [0.15, 0.2) is 0 Å². The van der Waals surface area contributed by atoms with Crippen molar-refractivity contribution in [3.63, 3.8) is 0 Å². The molecule has 3 amide bonds. The van der Waals surface area contributed by atoms with Gasteiger partial charge in [0.2, 0.25) is 21.8 Å². The molecule has 13 nitrogen and oxygen atoms in total. The molecule has 50 heavy (non-hydrogen) atoms. The lowest BCUT2D eigenvalue weighted by atomic mass is 9.85. The first-order valence-electron chi connectivity index (χ1n) is 17.6. The van der Waals surface area contributed by atoms with Gasteiger partial charge in [-0.05, 0) is 64.0 Å². The first kappa shape index (κ1) is 37.8. The Kier molecular flexibility index (Phi) is 10.8. The summed E-state index contributed by atoms with van der Waals surface area (Å²) in [4.78, 5) is 61.1. The van der Waals surface area contributed by atoms with Gasteiger partial charge >= 0.3 is 5.97 Å². The highest BCUT2D eigenvalue weighted by molar-refractivity contribution is 7.91. The molecule has 4 aliphatic rings. The van der Waals surface area contributed by atoms with E-state index in [1.54, 1.807) is 31.7 Å². The fourth-order valence-electron chi connectivity index (χ4n) is 7.07. The lowest BCUT2D eigenvalue weighted by Gasteiger charge is -2.39. The summed E-state index contributed by atoms with van der Waals surface area (Å²) in [5.41, 5.74) is -1.65. The largest absolute Gasteiger partial charge is 0.459 e. The van der Waals surface area contributed by atoms with Crippen LogP contribution in [0.4, 0.5) is 5.69 Å². The van der Waals surface area contributed by atoms with Crippen LogP contribution in [0.2, 0.25) is 0 Å². The fraction of sp³-hybridized carbons (Fsp3) is 0.667. The van der Waals surface area contributed by atoms with E-state index in [1.807, 2.05) is 39.0 Å². The molecular formula is C36H54N6O7S. The molecule has 14 heteroatoms. The summed E-state index contributed by atoms with van der Waals surface area (Å²) in [6.07, 6.45) is 3.07. The van der Waals surface area contributed by atoms with E-state index in [4.69, 9.17) is 4.74 Å². The number of piperazine rings is 1. The number of ether oxygens (including phenoxy) is 1. The lowest BCUT2D eigenvalue weighted by Crippen LogP contribution is -2.60. The molecule has 2 aliphatic carbocycles. The Morgan fingerprint density at radius 1 is 1.02 bits per heavy atom. The maximum absolute atomic E-state index is 14.5. The van der Waals surface area contributed by atoms with Crippen LogP contribution in [0.3, 0.4) is 0 Å². The van der Waals surface area contributed by atoms with Gasteiger partial charge in [-0.25, -0.2) is 8.42 Å². The Hall–Kier alpha value is -3.49. The van der Waals surface area contributed by atoms with Crippen LogP contribution < -0.4 is 20.3 Å². The van der Waals surface area contributed by atoms with Crippen molar-refractivity contribution in [3.05, 3.63) is 43.0 Å². The Morgan fingerprint density at radius 3 is 2.20 bits per heavy atom. The predicted octanol–water partition coefficient (Wildman–Crippen LogP) is 1.79. The summed E-state index contributed by atoms with van der Waals surface area (Å²) < 4.78 is 33.0. The number of amides is 3.